The smallest absolute Gasteiger partial charge is 0.271 e. The van der Waals surface area contributed by atoms with Gasteiger partial charge in [-0.25, -0.2) is 0 Å². The van der Waals surface area contributed by atoms with Gasteiger partial charge in [0.15, 0.2) is 11.5 Å². The number of carbonyl (C=O) groups is 1. The van der Waals surface area contributed by atoms with E-state index in [0.717, 1.165) is 43.2 Å². The van der Waals surface area contributed by atoms with Crippen molar-refractivity contribution in [2.45, 2.75) is 31.6 Å². The lowest BCUT2D eigenvalue weighted by molar-refractivity contribution is 0.0704. The van der Waals surface area contributed by atoms with Crippen LogP contribution in [0.2, 0.25) is 0 Å². The molecule has 1 N–H and O–H groups in total. The number of carbonyl (C=O) groups excluding carboxylic acids is 1. The summed E-state index contributed by atoms with van der Waals surface area (Å²) in [4.78, 5) is 16.6. The number of nitrogens with zero attached hydrogens (tertiary/aromatic N) is 7. The molecule has 3 aromatic rings. The molecule has 5 rings (SSSR count). The molecule has 0 aliphatic carbocycles. The molecular weight excluding hydrogens is 344 g/mol. The molecule has 0 spiro atoms. The highest BCUT2D eigenvalue weighted by Crippen LogP contribution is 2.28. The third kappa shape index (κ3) is 2.92. The summed E-state index contributed by atoms with van der Waals surface area (Å²) in [6, 6.07) is 5.74. The third-order valence-corrected chi connectivity index (χ3v) is 5.58. The SMILES string of the molecule is O=C(c1ccn[nH]1)N1CCC(c2nnc3ccc(N4CCCC4)nn23)CC1. The zero-order chi connectivity index (χ0) is 18.2. The molecule has 9 heteroatoms. The van der Waals surface area contributed by atoms with Crippen molar-refractivity contribution in [2.24, 2.45) is 0 Å². The van der Waals surface area contributed by atoms with E-state index in [0.29, 0.717) is 18.8 Å². The van der Waals surface area contributed by atoms with Gasteiger partial charge in [0, 0.05) is 38.3 Å². The maximum Gasteiger partial charge on any atom is 0.271 e. The highest BCUT2D eigenvalue weighted by molar-refractivity contribution is 5.92. The lowest BCUT2D eigenvalue weighted by atomic mass is 9.96. The van der Waals surface area contributed by atoms with Gasteiger partial charge in [-0.1, -0.05) is 0 Å². The molecule has 2 saturated heterocycles. The standard InChI is InChI=1S/C18H22N8O/c27-18(14-5-8-19-20-14)25-11-6-13(7-12-25)17-22-21-15-3-4-16(23-26(15)17)24-9-1-2-10-24/h3-5,8,13H,1-2,6-7,9-12H2,(H,19,20). The number of hydrogen-bond donors (Lipinski definition) is 1. The Hall–Kier alpha value is -2.97. The molecule has 5 heterocycles. The highest BCUT2D eigenvalue weighted by atomic mass is 16.2. The van der Waals surface area contributed by atoms with Crippen LogP contribution in [0.15, 0.2) is 24.4 Å². The maximum atomic E-state index is 12.5. The lowest BCUT2D eigenvalue weighted by Crippen LogP contribution is -2.38. The Morgan fingerprint density at radius 2 is 1.85 bits per heavy atom. The number of H-pyrrole nitrogens is 1. The quantitative estimate of drug-likeness (QED) is 0.754. The average molecular weight is 366 g/mol. The number of fused-ring (bicyclic) bond motifs is 1. The van der Waals surface area contributed by atoms with Crippen LogP contribution in [0.3, 0.4) is 0 Å². The molecule has 1 amide bonds. The van der Waals surface area contributed by atoms with Crippen molar-refractivity contribution < 1.29 is 4.79 Å². The normalized spacial score (nSPS) is 18.5. The van der Waals surface area contributed by atoms with Gasteiger partial charge in [-0.3, -0.25) is 9.89 Å². The van der Waals surface area contributed by atoms with Gasteiger partial charge >= 0.3 is 0 Å². The predicted molar refractivity (Wildman–Crippen MR) is 98.7 cm³/mol. The molecule has 0 unspecified atom stereocenters. The van der Waals surface area contributed by atoms with Crippen molar-refractivity contribution in [3.8, 4) is 0 Å². The fourth-order valence-corrected chi connectivity index (χ4v) is 4.05. The van der Waals surface area contributed by atoms with Crippen LogP contribution >= 0.6 is 0 Å². The minimum atomic E-state index is 0.00601. The number of aromatic amines is 1. The number of nitrogens with one attached hydrogen (secondary N) is 1. The van der Waals surface area contributed by atoms with Gasteiger partial charge in [-0.2, -0.15) is 9.61 Å². The molecule has 0 radical (unpaired) electrons. The van der Waals surface area contributed by atoms with Gasteiger partial charge in [-0.05, 0) is 43.9 Å². The summed E-state index contributed by atoms with van der Waals surface area (Å²) in [6.45, 7) is 3.51. The first-order valence-electron chi connectivity index (χ1n) is 9.55. The van der Waals surface area contributed by atoms with Crippen molar-refractivity contribution in [2.75, 3.05) is 31.1 Å². The minimum Gasteiger partial charge on any atom is -0.355 e. The summed E-state index contributed by atoms with van der Waals surface area (Å²) in [7, 11) is 0. The van der Waals surface area contributed by atoms with Crippen molar-refractivity contribution in [1.82, 2.24) is 34.9 Å². The van der Waals surface area contributed by atoms with Crippen LogP contribution in [0.5, 0.6) is 0 Å². The number of rotatable bonds is 3. The number of piperidine rings is 1. The fraction of sp³-hybridized carbons (Fsp3) is 0.500. The second-order valence-electron chi connectivity index (χ2n) is 7.25. The zero-order valence-corrected chi connectivity index (χ0v) is 15.1. The van der Waals surface area contributed by atoms with Crippen molar-refractivity contribution >= 4 is 17.4 Å². The fourth-order valence-electron chi connectivity index (χ4n) is 4.05. The number of aromatic nitrogens is 6. The number of amides is 1. The summed E-state index contributed by atoms with van der Waals surface area (Å²) in [6.07, 6.45) is 5.76. The molecule has 0 bridgehead atoms. The van der Waals surface area contributed by atoms with Gasteiger partial charge in [0.25, 0.3) is 5.91 Å². The Labute approximate surface area is 156 Å². The summed E-state index contributed by atoms with van der Waals surface area (Å²) in [5.41, 5.74) is 1.32. The average Bonchev–Trinajstić information content (AvgIpc) is 3.48. The number of likely N-dealkylation sites (tertiary alicyclic amines) is 1. The summed E-state index contributed by atoms with van der Waals surface area (Å²) < 4.78 is 1.89. The van der Waals surface area contributed by atoms with E-state index in [1.807, 2.05) is 21.5 Å². The first kappa shape index (κ1) is 16.2. The second kappa shape index (κ2) is 6.64. The molecule has 9 nitrogen and oxygen atoms in total. The third-order valence-electron chi connectivity index (χ3n) is 5.58. The Morgan fingerprint density at radius 3 is 2.59 bits per heavy atom. The van der Waals surface area contributed by atoms with E-state index in [1.54, 1.807) is 12.3 Å². The molecule has 0 atom stereocenters. The van der Waals surface area contributed by atoms with Crippen LogP contribution in [0.25, 0.3) is 5.65 Å². The van der Waals surface area contributed by atoms with E-state index in [4.69, 9.17) is 5.10 Å². The van der Waals surface area contributed by atoms with E-state index >= 15 is 0 Å². The van der Waals surface area contributed by atoms with Gasteiger partial charge in [0.2, 0.25) is 0 Å². The van der Waals surface area contributed by atoms with Crippen LogP contribution in [-0.4, -0.2) is 67.0 Å². The maximum absolute atomic E-state index is 12.5. The van der Waals surface area contributed by atoms with Crippen LogP contribution in [0.4, 0.5) is 5.82 Å². The Kier molecular flexibility index (Phi) is 3.99. The number of anilines is 1. The van der Waals surface area contributed by atoms with Gasteiger partial charge in [-0.15, -0.1) is 15.3 Å². The van der Waals surface area contributed by atoms with Crippen LogP contribution in [-0.2, 0) is 0 Å². The molecule has 27 heavy (non-hydrogen) atoms. The molecule has 2 fully saturated rings. The summed E-state index contributed by atoms with van der Waals surface area (Å²) in [5.74, 6) is 2.16. The van der Waals surface area contributed by atoms with E-state index in [2.05, 4.69) is 25.3 Å². The Morgan fingerprint density at radius 1 is 1.04 bits per heavy atom. The molecular formula is C18H22N8O. The van der Waals surface area contributed by atoms with E-state index < -0.39 is 0 Å². The topological polar surface area (TPSA) is 95.3 Å². The first-order valence-corrected chi connectivity index (χ1v) is 9.55. The van der Waals surface area contributed by atoms with Gasteiger partial charge in [0.05, 0.1) is 0 Å². The van der Waals surface area contributed by atoms with Crippen molar-refractivity contribution in [3.63, 3.8) is 0 Å². The Bertz CT molecular complexity index is 936. The van der Waals surface area contributed by atoms with Gasteiger partial charge in [0.1, 0.15) is 11.5 Å². The molecule has 0 aromatic carbocycles. The molecule has 3 aromatic heterocycles. The van der Waals surface area contributed by atoms with Crippen molar-refractivity contribution in [1.29, 1.82) is 0 Å². The largest absolute Gasteiger partial charge is 0.355 e. The Balaban J connectivity index is 1.34. The van der Waals surface area contributed by atoms with Crippen LogP contribution in [0.1, 0.15) is 47.9 Å². The minimum absolute atomic E-state index is 0.00601. The first-order chi connectivity index (χ1) is 13.3. The van der Waals surface area contributed by atoms with E-state index in [-0.39, 0.29) is 11.8 Å². The summed E-state index contributed by atoms with van der Waals surface area (Å²) in [5, 5.41) is 20.1. The molecule has 140 valence electrons. The molecule has 0 saturated carbocycles. The predicted octanol–water partition coefficient (Wildman–Crippen LogP) is 1.47. The zero-order valence-electron chi connectivity index (χ0n) is 15.1. The van der Waals surface area contributed by atoms with Crippen LogP contribution in [0, 0.1) is 0 Å². The monoisotopic (exact) mass is 366 g/mol. The molecule has 2 aliphatic heterocycles. The second-order valence-corrected chi connectivity index (χ2v) is 7.25. The highest BCUT2D eigenvalue weighted by Gasteiger charge is 2.28. The van der Waals surface area contributed by atoms with Crippen LogP contribution < -0.4 is 4.90 Å². The summed E-state index contributed by atoms with van der Waals surface area (Å²) >= 11 is 0. The van der Waals surface area contributed by atoms with Gasteiger partial charge < -0.3 is 9.80 Å². The lowest BCUT2D eigenvalue weighted by Gasteiger charge is -2.30. The van der Waals surface area contributed by atoms with E-state index in [9.17, 15) is 4.79 Å². The van der Waals surface area contributed by atoms with Crippen molar-refractivity contribution in [3.05, 3.63) is 35.9 Å². The van der Waals surface area contributed by atoms with E-state index in [1.165, 1.54) is 12.8 Å². The number of hydrogen-bond acceptors (Lipinski definition) is 6. The molecule has 2 aliphatic rings.